The van der Waals surface area contributed by atoms with Crippen LogP contribution in [0.5, 0.6) is 0 Å². The van der Waals surface area contributed by atoms with Gasteiger partial charge in [0.15, 0.2) is 4.21 Å². The molecule has 0 aliphatic rings. The predicted octanol–water partition coefficient (Wildman–Crippen LogP) is 1.48. The van der Waals surface area contributed by atoms with Gasteiger partial charge in [-0.2, -0.15) is 4.72 Å². The lowest BCUT2D eigenvalue weighted by molar-refractivity contribution is -0.139. The van der Waals surface area contributed by atoms with Crippen LogP contribution in [0.3, 0.4) is 0 Å². The second-order valence-electron chi connectivity index (χ2n) is 4.57. The molecular formula is C11H18N2O4S2. The van der Waals surface area contributed by atoms with Crippen LogP contribution in [-0.2, 0) is 21.2 Å². The van der Waals surface area contributed by atoms with Gasteiger partial charge in [0.25, 0.3) is 10.0 Å². The lowest BCUT2D eigenvalue weighted by Gasteiger charge is -2.15. The number of carboxylic acids is 1. The van der Waals surface area contributed by atoms with Crippen molar-refractivity contribution in [2.45, 2.75) is 43.9 Å². The van der Waals surface area contributed by atoms with Crippen LogP contribution in [-0.4, -0.2) is 30.5 Å². The molecule has 6 nitrogen and oxygen atoms in total. The van der Waals surface area contributed by atoms with Crippen molar-refractivity contribution in [3.05, 3.63) is 11.2 Å². The number of hydrogen-bond donors (Lipinski definition) is 2. The number of carboxylic acid groups (broad SMARTS) is 1. The number of nitrogens with zero attached hydrogens (tertiary/aromatic N) is 1. The number of hydrogen-bond acceptors (Lipinski definition) is 5. The molecule has 108 valence electrons. The summed E-state index contributed by atoms with van der Waals surface area (Å²) in [6.07, 6.45) is 2.16. The molecule has 0 spiro atoms. The zero-order chi connectivity index (χ0) is 14.6. The fourth-order valence-electron chi connectivity index (χ4n) is 1.50. The highest BCUT2D eigenvalue weighted by Crippen LogP contribution is 2.20. The molecule has 0 saturated carbocycles. The molecule has 2 N–H and O–H groups in total. The minimum Gasteiger partial charge on any atom is -0.480 e. The van der Waals surface area contributed by atoms with Gasteiger partial charge in [-0.15, -0.1) is 11.3 Å². The molecule has 19 heavy (non-hydrogen) atoms. The summed E-state index contributed by atoms with van der Waals surface area (Å²) in [5.41, 5.74) is 0. The van der Waals surface area contributed by atoms with Crippen LogP contribution in [0, 0.1) is 5.92 Å². The zero-order valence-corrected chi connectivity index (χ0v) is 12.7. The van der Waals surface area contributed by atoms with Crippen LogP contribution in [0.1, 0.15) is 32.2 Å². The summed E-state index contributed by atoms with van der Waals surface area (Å²) < 4.78 is 26.4. The smallest absolute Gasteiger partial charge is 0.321 e. The van der Waals surface area contributed by atoms with Gasteiger partial charge in [-0.3, -0.25) is 4.79 Å². The monoisotopic (exact) mass is 306 g/mol. The molecule has 0 aromatic carbocycles. The van der Waals surface area contributed by atoms with E-state index in [0.717, 1.165) is 11.3 Å². The van der Waals surface area contributed by atoms with Gasteiger partial charge in [-0.05, 0) is 18.8 Å². The van der Waals surface area contributed by atoms with Gasteiger partial charge in [-0.25, -0.2) is 13.4 Å². The van der Waals surface area contributed by atoms with Crippen LogP contribution in [0.2, 0.25) is 0 Å². The summed E-state index contributed by atoms with van der Waals surface area (Å²) in [5, 5.41) is 9.75. The fraction of sp³-hybridized carbons (Fsp3) is 0.636. The number of carbonyl (C=O) groups is 1. The highest BCUT2D eigenvalue weighted by atomic mass is 32.2. The average Bonchev–Trinajstić information content (AvgIpc) is 2.76. The lowest BCUT2D eigenvalue weighted by atomic mass is 10.1. The molecule has 1 atom stereocenters. The highest BCUT2D eigenvalue weighted by molar-refractivity contribution is 7.91. The number of sulfonamides is 1. The molecule has 1 aromatic heterocycles. The summed E-state index contributed by atoms with van der Waals surface area (Å²) >= 11 is 1.06. The summed E-state index contributed by atoms with van der Waals surface area (Å²) in [6.45, 7) is 5.56. The molecule has 1 heterocycles. The first kappa shape index (κ1) is 16.1. The molecule has 8 heteroatoms. The Morgan fingerprint density at radius 1 is 1.53 bits per heavy atom. The van der Waals surface area contributed by atoms with E-state index in [0.29, 0.717) is 11.4 Å². The standard InChI is InChI=1S/C11H18N2O4S2/c1-4-9-12-6-10(18-9)19(16,17)13-8(11(14)15)5-7(2)3/h6-8,13H,4-5H2,1-3H3,(H,14,15)/t8-/m0/s1. The number of thiazole rings is 1. The third-order valence-corrected chi connectivity index (χ3v) is 5.48. The Labute approximate surface area is 116 Å². The first-order chi connectivity index (χ1) is 8.76. The number of aryl methyl sites for hydroxylation is 1. The van der Waals surface area contributed by atoms with Crippen molar-refractivity contribution in [1.82, 2.24) is 9.71 Å². The highest BCUT2D eigenvalue weighted by Gasteiger charge is 2.27. The van der Waals surface area contributed by atoms with Gasteiger partial charge >= 0.3 is 5.97 Å². The molecule has 0 radical (unpaired) electrons. The molecule has 0 aliphatic heterocycles. The van der Waals surface area contributed by atoms with Crippen LogP contribution < -0.4 is 4.72 Å². The maximum atomic E-state index is 12.1. The zero-order valence-electron chi connectivity index (χ0n) is 11.1. The molecular weight excluding hydrogens is 288 g/mol. The minimum atomic E-state index is -3.81. The van der Waals surface area contributed by atoms with E-state index in [4.69, 9.17) is 5.11 Å². The summed E-state index contributed by atoms with van der Waals surface area (Å²) in [6, 6.07) is -1.11. The molecule has 1 aromatic rings. The van der Waals surface area contributed by atoms with Gasteiger partial charge < -0.3 is 5.11 Å². The van der Waals surface area contributed by atoms with Crippen molar-refractivity contribution < 1.29 is 18.3 Å². The maximum absolute atomic E-state index is 12.1. The molecule has 0 saturated heterocycles. The second-order valence-corrected chi connectivity index (χ2v) is 7.62. The van der Waals surface area contributed by atoms with Crippen LogP contribution in [0.4, 0.5) is 0 Å². The van der Waals surface area contributed by atoms with Crippen molar-refractivity contribution in [2.75, 3.05) is 0 Å². The van der Waals surface area contributed by atoms with Crippen LogP contribution in [0.15, 0.2) is 10.4 Å². The Hall–Kier alpha value is -0.990. The Balaban J connectivity index is 2.90. The normalized spacial score (nSPS) is 13.7. The molecule has 0 amide bonds. The molecule has 0 bridgehead atoms. The number of aromatic nitrogens is 1. The average molecular weight is 306 g/mol. The van der Waals surface area contributed by atoms with E-state index in [2.05, 4.69) is 9.71 Å². The van der Waals surface area contributed by atoms with E-state index in [9.17, 15) is 13.2 Å². The molecule has 0 aliphatic carbocycles. The molecule has 0 fully saturated rings. The van der Waals surface area contributed by atoms with Gasteiger partial charge in [0.1, 0.15) is 6.04 Å². The first-order valence-corrected chi connectivity index (χ1v) is 8.26. The predicted molar refractivity (Wildman–Crippen MR) is 72.7 cm³/mol. The quantitative estimate of drug-likeness (QED) is 0.795. The van der Waals surface area contributed by atoms with E-state index in [1.54, 1.807) is 0 Å². The summed E-state index contributed by atoms with van der Waals surface area (Å²) in [4.78, 5) is 15.0. The summed E-state index contributed by atoms with van der Waals surface area (Å²) in [5.74, 6) is -1.09. The lowest BCUT2D eigenvalue weighted by Crippen LogP contribution is -2.41. The van der Waals surface area contributed by atoms with Gasteiger partial charge in [-0.1, -0.05) is 20.8 Å². The maximum Gasteiger partial charge on any atom is 0.321 e. The Kier molecular flexibility index (Phi) is 5.45. The van der Waals surface area contributed by atoms with Crippen molar-refractivity contribution >= 4 is 27.3 Å². The third kappa shape index (κ3) is 4.55. The SMILES string of the molecule is CCc1ncc(S(=O)(=O)N[C@@H](CC(C)C)C(=O)O)s1. The Morgan fingerprint density at radius 2 is 2.16 bits per heavy atom. The first-order valence-electron chi connectivity index (χ1n) is 5.96. The van der Waals surface area contributed by atoms with Gasteiger partial charge in [0.2, 0.25) is 0 Å². The number of aliphatic carboxylic acids is 1. The van der Waals surface area contributed by atoms with Gasteiger partial charge in [0.05, 0.1) is 11.2 Å². The number of nitrogens with one attached hydrogen (secondary N) is 1. The van der Waals surface area contributed by atoms with Crippen molar-refractivity contribution in [3.8, 4) is 0 Å². The second kappa shape index (κ2) is 6.44. The van der Waals surface area contributed by atoms with E-state index in [1.165, 1.54) is 6.20 Å². The Bertz CT molecular complexity index is 537. The van der Waals surface area contributed by atoms with Crippen LogP contribution >= 0.6 is 11.3 Å². The van der Waals surface area contributed by atoms with E-state index in [-0.39, 0.29) is 16.5 Å². The Morgan fingerprint density at radius 3 is 2.58 bits per heavy atom. The van der Waals surface area contributed by atoms with E-state index in [1.807, 2.05) is 20.8 Å². The summed E-state index contributed by atoms with van der Waals surface area (Å²) in [7, 11) is -3.81. The van der Waals surface area contributed by atoms with Crippen molar-refractivity contribution in [3.63, 3.8) is 0 Å². The van der Waals surface area contributed by atoms with Gasteiger partial charge in [0, 0.05) is 0 Å². The van der Waals surface area contributed by atoms with Crippen molar-refractivity contribution in [1.29, 1.82) is 0 Å². The topological polar surface area (TPSA) is 96.4 Å². The largest absolute Gasteiger partial charge is 0.480 e. The van der Waals surface area contributed by atoms with Crippen LogP contribution in [0.25, 0.3) is 0 Å². The van der Waals surface area contributed by atoms with E-state index >= 15 is 0 Å². The van der Waals surface area contributed by atoms with E-state index < -0.39 is 22.0 Å². The molecule has 0 unspecified atom stereocenters. The fourth-order valence-corrected chi connectivity index (χ4v) is 3.84. The minimum absolute atomic E-state index is 0.0550. The number of rotatable bonds is 7. The third-order valence-electron chi connectivity index (χ3n) is 2.40. The van der Waals surface area contributed by atoms with Crippen molar-refractivity contribution in [2.24, 2.45) is 5.92 Å². The molecule has 1 rings (SSSR count).